The number of ketones is 1. The van der Waals surface area contributed by atoms with Crippen LogP contribution < -0.4 is 0 Å². The summed E-state index contributed by atoms with van der Waals surface area (Å²) in [4.78, 5) is 47.1. The van der Waals surface area contributed by atoms with Crippen molar-refractivity contribution in [1.29, 1.82) is 0 Å². The molecule has 2 aromatic rings. The number of benzene rings is 2. The lowest BCUT2D eigenvalue weighted by atomic mass is 9.54. The van der Waals surface area contributed by atoms with Crippen molar-refractivity contribution in [2.45, 2.75) is 122 Å². The van der Waals surface area contributed by atoms with E-state index in [9.17, 15) is 4.79 Å². The van der Waals surface area contributed by atoms with Gasteiger partial charge in [-0.2, -0.15) is 0 Å². The van der Waals surface area contributed by atoms with E-state index < -0.39 is 45.0 Å². The number of amides is 2. The maximum absolute atomic E-state index is 15.5. The Morgan fingerprint density at radius 2 is 1.49 bits per heavy atom. The molecule has 288 valence electrons. The largest absolute Gasteiger partial charge is 0.375 e. The van der Waals surface area contributed by atoms with E-state index in [1.54, 1.807) is 12.1 Å². The monoisotopic (exact) mass is 755 g/mol. The van der Waals surface area contributed by atoms with Gasteiger partial charge in [0.15, 0.2) is 0 Å². The fraction of sp³-hybridized carbons (Fsp3) is 0.578. The zero-order chi connectivity index (χ0) is 38.8. The zero-order valence-corrected chi connectivity index (χ0v) is 36.1. The van der Waals surface area contributed by atoms with Gasteiger partial charge in [-0.25, -0.2) is 0 Å². The molecule has 0 radical (unpaired) electrons. The van der Waals surface area contributed by atoms with Crippen molar-refractivity contribution in [3.63, 3.8) is 0 Å². The molecule has 2 aromatic carbocycles. The molecule has 0 saturated carbocycles. The normalized spacial score (nSPS) is 31.7. The van der Waals surface area contributed by atoms with E-state index in [-0.39, 0.29) is 42.0 Å². The summed E-state index contributed by atoms with van der Waals surface area (Å²) >= 11 is 0. The number of nitrogens with zero attached hydrogens (tertiary/aromatic N) is 1. The molecule has 0 unspecified atom stereocenters. The summed E-state index contributed by atoms with van der Waals surface area (Å²) in [6.45, 7) is 24.1. The number of allylic oxidation sites excluding steroid dienone is 4. The molecule has 0 aromatic heterocycles. The lowest BCUT2D eigenvalue weighted by molar-refractivity contribution is -0.160. The summed E-state index contributed by atoms with van der Waals surface area (Å²) in [5.41, 5.74) is 0.505. The number of hydrogen-bond donors (Lipinski definition) is 0. The van der Waals surface area contributed by atoms with Gasteiger partial charge in [0, 0.05) is 59.2 Å². The van der Waals surface area contributed by atoms with Crippen LogP contribution in [-0.4, -0.2) is 69.6 Å². The van der Waals surface area contributed by atoms with Crippen LogP contribution in [0.1, 0.15) is 62.9 Å². The third-order valence-electron chi connectivity index (χ3n) is 12.3. The first-order valence-corrected chi connectivity index (χ1v) is 27.4. The van der Waals surface area contributed by atoms with Gasteiger partial charge in [-0.3, -0.25) is 19.3 Å². The topological polar surface area (TPSA) is 72.9 Å². The van der Waals surface area contributed by atoms with Gasteiger partial charge in [0.25, 0.3) is 5.91 Å². The van der Waals surface area contributed by atoms with E-state index in [1.807, 2.05) is 36.4 Å². The zero-order valence-electron chi connectivity index (χ0n) is 34.1. The first kappa shape index (κ1) is 41.3. The number of likely N-dealkylation sites (tertiary alicyclic amines) is 1. The molecule has 8 heteroatoms. The Morgan fingerprint density at radius 3 is 2.11 bits per heavy atom. The lowest BCUT2D eigenvalue weighted by Crippen LogP contribution is -2.53. The Balaban J connectivity index is 1.63. The molecule has 6 nitrogen and oxygen atoms in total. The second kappa shape index (κ2) is 16.4. The van der Waals surface area contributed by atoms with Crippen molar-refractivity contribution in [3.8, 4) is 0 Å². The van der Waals surface area contributed by atoms with Crippen molar-refractivity contribution < 1.29 is 23.9 Å². The minimum atomic E-state index is -1.42. The average molecular weight is 756 g/mol. The first-order chi connectivity index (χ1) is 24.9. The minimum absolute atomic E-state index is 0.0871. The smallest absolute Gasteiger partial charge is 0.260 e. The molecule has 1 fully saturated rings. The predicted octanol–water partition coefficient (Wildman–Crippen LogP) is 9.88. The maximum atomic E-state index is 15.5. The second-order valence-electron chi connectivity index (χ2n) is 18.9. The van der Waals surface area contributed by atoms with Crippen LogP contribution in [0.5, 0.6) is 0 Å². The Labute approximate surface area is 321 Å². The molecular weight excluding hydrogens is 691 g/mol. The summed E-state index contributed by atoms with van der Waals surface area (Å²) in [5, 5.41) is 0. The second-order valence-corrected chi connectivity index (χ2v) is 30.1. The summed E-state index contributed by atoms with van der Waals surface area (Å²) in [6, 6.07) is 20.7. The number of imide groups is 1. The van der Waals surface area contributed by atoms with E-state index in [0.29, 0.717) is 31.6 Å². The standard InChI is InChI=1S/C45H65NO5Si2/c1-32-18-17-23-37-30-33(2)34(3)40-38(31-35-19-13-11-14-20-35)46(42(48)36-21-15-12-16-22-36)43(49)45(37,40)39(47)24-25-44(4,51-27-29-53(8,9)10)41(32)50-26-28-52(5,6)7/h11-17,19-23,30,32,34,37-38,40-41H,18,24-29,31H2,1-10H3/b23-17+/t32-,34+,37-,38-,40-,41-,44+,45+/m0/s1. The fourth-order valence-corrected chi connectivity index (χ4v) is 10.5. The van der Waals surface area contributed by atoms with Gasteiger partial charge in [-0.15, -0.1) is 0 Å². The molecule has 1 aliphatic heterocycles. The van der Waals surface area contributed by atoms with Crippen LogP contribution in [0.4, 0.5) is 0 Å². The highest BCUT2D eigenvalue weighted by Gasteiger charge is 2.69. The molecule has 1 saturated heterocycles. The van der Waals surface area contributed by atoms with Gasteiger partial charge in [0.1, 0.15) is 11.2 Å². The van der Waals surface area contributed by atoms with Crippen molar-refractivity contribution >= 4 is 33.7 Å². The minimum Gasteiger partial charge on any atom is -0.375 e. The van der Waals surface area contributed by atoms with Crippen LogP contribution >= 0.6 is 0 Å². The van der Waals surface area contributed by atoms with Gasteiger partial charge < -0.3 is 9.47 Å². The van der Waals surface area contributed by atoms with Crippen LogP contribution in [0.25, 0.3) is 0 Å². The molecule has 3 aliphatic rings. The van der Waals surface area contributed by atoms with Crippen molar-refractivity contribution in [2.75, 3.05) is 13.2 Å². The van der Waals surface area contributed by atoms with Crippen molar-refractivity contribution in [2.24, 2.45) is 29.1 Å². The molecule has 2 aliphatic carbocycles. The van der Waals surface area contributed by atoms with Crippen molar-refractivity contribution in [3.05, 3.63) is 95.6 Å². The van der Waals surface area contributed by atoms with Gasteiger partial charge in [-0.1, -0.05) is 125 Å². The SMILES string of the molecule is CC1=C[C@@H]2/C=C/C[C@H](C)[C@H](OCC[Si](C)(C)C)[C@](C)(OCC[Si](C)(C)C)CCC(=O)[C@]23C(=O)N(C(=O)c2ccccc2)[C@@H](Cc2ccccc2)[C@@H]3[C@@H]1C. The third-order valence-corrected chi connectivity index (χ3v) is 15.7. The molecule has 5 rings (SSSR count). The fourth-order valence-electron chi connectivity index (χ4n) is 9.09. The predicted molar refractivity (Wildman–Crippen MR) is 221 cm³/mol. The summed E-state index contributed by atoms with van der Waals surface area (Å²) in [5.74, 6) is -1.60. The number of Topliss-reactive ketones (excluding diaryl/α,β-unsaturated/α-hetero) is 1. The van der Waals surface area contributed by atoms with E-state index in [4.69, 9.17) is 9.47 Å². The van der Waals surface area contributed by atoms with Gasteiger partial charge >= 0.3 is 0 Å². The quantitative estimate of drug-likeness (QED) is 0.0989. The Morgan fingerprint density at radius 1 is 0.887 bits per heavy atom. The highest BCUT2D eigenvalue weighted by Crippen LogP contribution is 2.58. The Bertz CT molecular complexity index is 1660. The molecular formula is C45H65NO5Si2. The van der Waals surface area contributed by atoms with Crippen LogP contribution in [0.15, 0.2) is 84.5 Å². The number of hydrogen-bond acceptors (Lipinski definition) is 5. The van der Waals surface area contributed by atoms with Gasteiger partial charge in [0.05, 0.1) is 11.7 Å². The van der Waals surface area contributed by atoms with E-state index in [1.165, 1.54) is 4.90 Å². The molecule has 53 heavy (non-hydrogen) atoms. The van der Waals surface area contributed by atoms with E-state index in [0.717, 1.165) is 29.6 Å². The van der Waals surface area contributed by atoms with Crippen LogP contribution in [0.3, 0.4) is 0 Å². The summed E-state index contributed by atoms with van der Waals surface area (Å²) < 4.78 is 13.8. The molecule has 8 atom stereocenters. The number of rotatable bonds is 11. The molecule has 2 amide bonds. The molecule has 0 bridgehead atoms. The van der Waals surface area contributed by atoms with Crippen LogP contribution in [-0.2, 0) is 25.5 Å². The Hall–Kier alpha value is -2.92. The van der Waals surface area contributed by atoms with E-state index >= 15 is 9.59 Å². The number of ether oxygens (including phenoxy) is 2. The van der Waals surface area contributed by atoms with Gasteiger partial charge in [0.2, 0.25) is 5.91 Å². The van der Waals surface area contributed by atoms with Crippen molar-refractivity contribution in [1.82, 2.24) is 4.90 Å². The number of carbonyl (C=O) groups excluding carboxylic acids is 3. The van der Waals surface area contributed by atoms with Crippen LogP contribution in [0.2, 0.25) is 51.4 Å². The van der Waals surface area contributed by atoms with E-state index in [2.05, 4.69) is 97.3 Å². The van der Waals surface area contributed by atoms with Crippen LogP contribution in [0, 0.1) is 29.1 Å². The summed E-state index contributed by atoms with van der Waals surface area (Å²) in [7, 11) is -2.76. The first-order valence-electron chi connectivity index (χ1n) is 20.0. The third kappa shape index (κ3) is 8.98. The maximum Gasteiger partial charge on any atom is 0.260 e. The summed E-state index contributed by atoms with van der Waals surface area (Å²) in [6.07, 6.45) is 8.04. The lowest BCUT2D eigenvalue weighted by Gasteiger charge is -2.45. The molecule has 0 N–H and O–H groups in total. The van der Waals surface area contributed by atoms with Gasteiger partial charge in [-0.05, 0) is 74.7 Å². The average Bonchev–Trinajstić information content (AvgIpc) is 3.34. The molecule has 1 spiro atoms. The number of carbonyl (C=O) groups is 3. The Kier molecular flexibility index (Phi) is 12.8. The highest BCUT2D eigenvalue weighted by molar-refractivity contribution is 6.76. The molecule has 1 heterocycles. The highest BCUT2D eigenvalue weighted by atomic mass is 28.3.